The summed E-state index contributed by atoms with van der Waals surface area (Å²) in [6.45, 7) is 0. The summed E-state index contributed by atoms with van der Waals surface area (Å²) in [6, 6.07) is 2.81. The first kappa shape index (κ1) is 19.5. The minimum atomic E-state index is -4.96. The number of hydrogen-bond donors (Lipinski definition) is 4. The van der Waals surface area contributed by atoms with E-state index in [9.17, 15) is 43.1 Å². The lowest BCUT2D eigenvalue weighted by molar-refractivity contribution is -0.384. The number of nitrogens with zero attached hydrogens (tertiary/aromatic N) is 1. The highest BCUT2D eigenvalue weighted by Gasteiger charge is 2.38. The van der Waals surface area contributed by atoms with E-state index in [0.29, 0.717) is 12.1 Å². The van der Waals surface area contributed by atoms with Crippen LogP contribution < -0.4 is 11.1 Å². The molecule has 0 radical (unpaired) electrons. The van der Waals surface area contributed by atoms with Crippen LogP contribution in [-0.2, 0) is 6.18 Å². The third-order valence-corrected chi connectivity index (χ3v) is 3.45. The van der Waals surface area contributed by atoms with E-state index in [1.807, 2.05) is 5.32 Å². The number of nitro groups is 1. The van der Waals surface area contributed by atoms with Gasteiger partial charge in [-0.05, 0) is 12.1 Å². The number of nitrogens with one attached hydrogen (secondary N) is 1. The number of hydrogen-bond acceptors (Lipinski definition) is 5. The molecule has 142 valence electrons. The number of carbonyl (C=O) groups excluding carboxylic acids is 1. The van der Waals surface area contributed by atoms with E-state index in [2.05, 4.69) is 0 Å². The maximum Gasteiger partial charge on any atom is 0.417 e. The molecule has 0 aliphatic rings. The Kier molecular flexibility index (Phi) is 4.92. The van der Waals surface area contributed by atoms with Crippen molar-refractivity contribution in [2.45, 2.75) is 6.18 Å². The van der Waals surface area contributed by atoms with Gasteiger partial charge in [-0.3, -0.25) is 10.1 Å². The number of carboxylic acid groups (broad SMARTS) is 1. The number of halogens is 3. The zero-order valence-corrected chi connectivity index (χ0v) is 13.1. The van der Waals surface area contributed by atoms with E-state index in [1.165, 1.54) is 0 Å². The number of carboxylic acids is 1. The van der Waals surface area contributed by atoms with Crippen molar-refractivity contribution in [3.63, 3.8) is 0 Å². The molecule has 9 nitrogen and oxygen atoms in total. The second-order valence-corrected chi connectivity index (χ2v) is 5.14. The topological polar surface area (TPSA) is 156 Å². The molecule has 2 aromatic rings. The van der Waals surface area contributed by atoms with Crippen LogP contribution >= 0.6 is 0 Å². The van der Waals surface area contributed by atoms with E-state index >= 15 is 0 Å². The minimum absolute atomic E-state index is 0.528. The zero-order chi connectivity index (χ0) is 20.5. The molecule has 0 saturated carbocycles. The van der Waals surface area contributed by atoms with E-state index in [-0.39, 0.29) is 0 Å². The lowest BCUT2D eigenvalue weighted by Crippen LogP contribution is -2.20. The summed E-state index contributed by atoms with van der Waals surface area (Å²) in [5, 5.41) is 32.7. The average Bonchev–Trinajstić information content (AvgIpc) is 2.54. The Morgan fingerprint density at radius 1 is 1.22 bits per heavy atom. The molecule has 2 amide bonds. The number of nitro benzene ring substituents is 1. The Morgan fingerprint density at radius 2 is 1.81 bits per heavy atom. The third-order valence-electron chi connectivity index (χ3n) is 3.45. The van der Waals surface area contributed by atoms with Gasteiger partial charge in [-0.25, -0.2) is 9.59 Å². The van der Waals surface area contributed by atoms with Gasteiger partial charge >= 0.3 is 18.2 Å². The molecule has 0 fully saturated rings. The molecule has 0 saturated heterocycles. The molecule has 0 spiro atoms. The number of benzene rings is 2. The maximum atomic E-state index is 13.3. The molecular formula is C15H10F3N3O6. The van der Waals surface area contributed by atoms with Gasteiger partial charge in [0.15, 0.2) is 5.75 Å². The van der Waals surface area contributed by atoms with Gasteiger partial charge < -0.3 is 21.3 Å². The second kappa shape index (κ2) is 6.82. The number of nitrogens with two attached hydrogens (primary N) is 1. The largest absolute Gasteiger partial charge is 0.505 e. The summed E-state index contributed by atoms with van der Waals surface area (Å²) in [4.78, 5) is 32.6. The first-order chi connectivity index (χ1) is 12.4. The summed E-state index contributed by atoms with van der Waals surface area (Å²) in [5.74, 6) is -3.00. The van der Waals surface area contributed by atoms with Crippen LogP contribution in [0.5, 0.6) is 5.75 Å². The van der Waals surface area contributed by atoms with Crippen molar-refractivity contribution < 1.29 is 37.9 Å². The van der Waals surface area contributed by atoms with Crippen molar-refractivity contribution in [1.29, 1.82) is 0 Å². The van der Waals surface area contributed by atoms with Crippen molar-refractivity contribution in [3.05, 3.63) is 51.6 Å². The normalized spacial score (nSPS) is 11.1. The Bertz CT molecular complexity index is 959. The summed E-state index contributed by atoms with van der Waals surface area (Å²) < 4.78 is 39.9. The van der Waals surface area contributed by atoms with Crippen LogP contribution in [0, 0.1) is 10.1 Å². The van der Waals surface area contributed by atoms with Gasteiger partial charge in [0.2, 0.25) is 0 Å². The van der Waals surface area contributed by atoms with Gasteiger partial charge in [-0.1, -0.05) is 18.2 Å². The number of rotatable bonds is 4. The molecule has 0 atom stereocenters. The second-order valence-electron chi connectivity index (χ2n) is 5.14. The number of primary amides is 1. The van der Waals surface area contributed by atoms with Crippen LogP contribution in [-0.4, -0.2) is 27.1 Å². The highest BCUT2D eigenvalue weighted by molar-refractivity contribution is 6.03. The Balaban J connectivity index is 3.02. The monoisotopic (exact) mass is 385 g/mol. The molecule has 0 heterocycles. The standard InChI is InChI=1S/C15H10F3N3O6/c16-15(17,18)8-4-2-1-3-6(8)10-11(21(26)27)7(13(23)24)5-9(12(10)22)20-14(19)25/h1-5,22H,(H,23,24)(H3,19,20,25). The van der Waals surface area contributed by atoms with Crippen molar-refractivity contribution in [1.82, 2.24) is 0 Å². The predicted molar refractivity (Wildman–Crippen MR) is 85.4 cm³/mol. The van der Waals surface area contributed by atoms with Gasteiger partial charge in [0, 0.05) is 5.56 Å². The molecule has 0 aromatic heterocycles. The number of carbonyl (C=O) groups is 2. The van der Waals surface area contributed by atoms with E-state index in [4.69, 9.17) is 5.73 Å². The number of alkyl halides is 3. The summed E-state index contributed by atoms with van der Waals surface area (Å²) in [5.41, 5.74) is -1.34. The number of urea groups is 1. The fourth-order valence-corrected chi connectivity index (χ4v) is 2.45. The SMILES string of the molecule is NC(=O)Nc1cc(C(=O)O)c([N+](=O)[O-])c(-c2ccccc2C(F)(F)F)c1O. The molecule has 12 heteroatoms. The lowest BCUT2D eigenvalue weighted by Gasteiger charge is -2.17. The van der Waals surface area contributed by atoms with Crippen LogP contribution in [0.1, 0.15) is 15.9 Å². The fourth-order valence-electron chi connectivity index (χ4n) is 2.45. The van der Waals surface area contributed by atoms with Gasteiger partial charge in [0.1, 0.15) is 11.1 Å². The number of amides is 2. The van der Waals surface area contributed by atoms with Gasteiger partial charge in [0.25, 0.3) is 5.69 Å². The molecular weight excluding hydrogens is 375 g/mol. The van der Waals surface area contributed by atoms with E-state index in [1.54, 1.807) is 0 Å². The van der Waals surface area contributed by atoms with E-state index < -0.39 is 62.5 Å². The van der Waals surface area contributed by atoms with Crippen molar-refractivity contribution in [2.75, 3.05) is 5.32 Å². The van der Waals surface area contributed by atoms with Crippen molar-refractivity contribution in [3.8, 4) is 16.9 Å². The van der Waals surface area contributed by atoms with Crippen LogP contribution in [0.25, 0.3) is 11.1 Å². The third kappa shape index (κ3) is 3.73. The number of aromatic carboxylic acids is 1. The quantitative estimate of drug-likeness (QED) is 0.360. The minimum Gasteiger partial charge on any atom is -0.505 e. The first-order valence-corrected chi connectivity index (χ1v) is 6.95. The molecule has 0 aliphatic heterocycles. The van der Waals surface area contributed by atoms with Gasteiger partial charge in [-0.15, -0.1) is 0 Å². The van der Waals surface area contributed by atoms with Crippen LogP contribution in [0.4, 0.5) is 29.3 Å². The highest BCUT2D eigenvalue weighted by atomic mass is 19.4. The van der Waals surface area contributed by atoms with E-state index in [0.717, 1.165) is 18.2 Å². The lowest BCUT2D eigenvalue weighted by atomic mass is 9.93. The highest BCUT2D eigenvalue weighted by Crippen LogP contribution is 2.48. The summed E-state index contributed by atoms with van der Waals surface area (Å²) >= 11 is 0. The smallest absolute Gasteiger partial charge is 0.417 e. The number of phenolic OH excluding ortho intramolecular Hbond substituents is 1. The fraction of sp³-hybridized carbons (Fsp3) is 0.0667. The van der Waals surface area contributed by atoms with Gasteiger partial charge in [-0.2, -0.15) is 13.2 Å². The molecule has 0 bridgehead atoms. The molecule has 5 N–H and O–H groups in total. The Labute approximate surface area is 148 Å². The molecule has 0 aliphatic carbocycles. The average molecular weight is 385 g/mol. The number of phenols is 1. The van der Waals surface area contributed by atoms with Gasteiger partial charge in [0.05, 0.1) is 16.2 Å². The van der Waals surface area contributed by atoms with Crippen LogP contribution in [0.2, 0.25) is 0 Å². The molecule has 27 heavy (non-hydrogen) atoms. The van der Waals surface area contributed by atoms with Crippen molar-refractivity contribution >= 4 is 23.4 Å². The van der Waals surface area contributed by atoms with Crippen LogP contribution in [0.3, 0.4) is 0 Å². The first-order valence-electron chi connectivity index (χ1n) is 6.95. The number of aromatic hydroxyl groups is 1. The number of anilines is 1. The van der Waals surface area contributed by atoms with Crippen molar-refractivity contribution in [2.24, 2.45) is 5.73 Å². The molecule has 2 rings (SSSR count). The summed E-state index contributed by atoms with van der Waals surface area (Å²) in [7, 11) is 0. The predicted octanol–water partition coefficient (Wildman–Crippen LogP) is 3.18. The van der Waals surface area contributed by atoms with Crippen LogP contribution in [0.15, 0.2) is 30.3 Å². The Morgan fingerprint density at radius 3 is 2.30 bits per heavy atom. The molecule has 2 aromatic carbocycles. The maximum absolute atomic E-state index is 13.3. The zero-order valence-electron chi connectivity index (χ0n) is 13.1. The summed E-state index contributed by atoms with van der Waals surface area (Å²) in [6.07, 6.45) is -4.96. The molecule has 0 unspecified atom stereocenters. The Hall–Kier alpha value is -3.83.